The molecule has 6 heteroatoms. The Morgan fingerprint density at radius 2 is 1.52 bits per heavy atom. The summed E-state index contributed by atoms with van der Waals surface area (Å²) in [4.78, 5) is 10.4. The number of carboxylic acid groups (broad SMARTS) is 1. The summed E-state index contributed by atoms with van der Waals surface area (Å²) in [5.74, 6) is -0.571. The van der Waals surface area contributed by atoms with Gasteiger partial charge in [0.2, 0.25) is 0 Å². The molecule has 0 heterocycles. The van der Waals surface area contributed by atoms with Gasteiger partial charge in [-0.15, -0.1) is 0 Å². The van der Waals surface area contributed by atoms with Crippen LogP contribution in [0.5, 0.6) is 5.75 Å². The molecule has 0 N–H and O–H groups in total. The fraction of sp³-hybridized carbons (Fsp3) is 0.286. The number of carboxylic acids is 1. The number of alkyl halides is 3. The van der Waals surface area contributed by atoms with Crippen LogP contribution in [-0.4, -0.2) is 18.8 Å². The lowest BCUT2D eigenvalue weighted by atomic mass is 10.0. The summed E-state index contributed by atoms with van der Waals surface area (Å²) in [6.07, 6.45) is -1.20. The molecule has 0 saturated heterocycles. The highest BCUT2D eigenvalue weighted by molar-refractivity contribution is 5.83. The number of hydrogen-bond donors (Lipinski definition) is 0. The molecule has 0 saturated carbocycles. The maximum absolute atomic E-state index is 12.0. The van der Waals surface area contributed by atoms with Crippen molar-refractivity contribution in [2.45, 2.75) is 31.9 Å². The first-order valence-electron chi connectivity index (χ1n) is 8.62. The Kier molecular flexibility index (Phi) is 7.46. The lowest BCUT2D eigenvalue weighted by molar-refractivity contribution is -0.297. The van der Waals surface area contributed by atoms with Crippen LogP contribution in [-0.2, 0) is 4.79 Å². The van der Waals surface area contributed by atoms with Crippen molar-refractivity contribution in [3.05, 3.63) is 60.2 Å². The van der Waals surface area contributed by atoms with Gasteiger partial charge < -0.3 is 14.6 Å². The van der Waals surface area contributed by atoms with E-state index in [-0.39, 0.29) is 6.42 Å². The Bertz CT molecular complexity index is 748. The lowest BCUT2D eigenvalue weighted by Crippen LogP contribution is -2.18. The summed E-state index contributed by atoms with van der Waals surface area (Å²) < 4.78 is 41.7. The van der Waals surface area contributed by atoms with Crippen molar-refractivity contribution in [2.75, 3.05) is 6.61 Å². The molecule has 2 rings (SSSR count). The van der Waals surface area contributed by atoms with Crippen LogP contribution >= 0.6 is 0 Å². The van der Waals surface area contributed by atoms with Crippen LogP contribution in [0, 0.1) is 0 Å². The molecule has 0 spiro atoms. The molecular weight excluding hydrogens is 357 g/mol. The van der Waals surface area contributed by atoms with E-state index in [0.717, 1.165) is 22.8 Å². The topological polar surface area (TPSA) is 49.4 Å². The molecule has 144 valence electrons. The average molecular weight is 377 g/mol. The van der Waals surface area contributed by atoms with Gasteiger partial charge in [-0.25, -0.2) is 0 Å². The first-order valence-corrected chi connectivity index (χ1v) is 8.62. The first-order chi connectivity index (χ1) is 12.8. The number of unbranched alkanes of at least 4 members (excludes halogenated alkanes) is 2. The standard InChI is InChI=1S/C21H21F3O3/c22-21(23,24)14-2-1-3-15-27-19-11-9-18(10-12-19)17-7-4-16(5-8-17)6-13-20(25)26/h4-13H,1-3,14-15H2,(H,25,26)/p-1/b13-6+. The summed E-state index contributed by atoms with van der Waals surface area (Å²) >= 11 is 0. The Morgan fingerprint density at radius 3 is 2.07 bits per heavy atom. The molecule has 27 heavy (non-hydrogen) atoms. The van der Waals surface area contributed by atoms with Crippen LogP contribution < -0.4 is 9.84 Å². The minimum atomic E-state index is -4.08. The average Bonchev–Trinajstić information content (AvgIpc) is 2.63. The van der Waals surface area contributed by atoms with E-state index in [1.54, 1.807) is 12.1 Å². The number of aliphatic carboxylic acids is 1. The van der Waals surface area contributed by atoms with Gasteiger partial charge in [0.1, 0.15) is 5.75 Å². The van der Waals surface area contributed by atoms with Crippen LogP contribution in [0.3, 0.4) is 0 Å². The maximum Gasteiger partial charge on any atom is 0.389 e. The van der Waals surface area contributed by atoms with Gasteiger partial charge in [-0.3, -0.25) is 0 Å². The van der Waals surface area contributed by atoms with E-state index in [2.05, 4.69) is 0 Å². The number of carbonyl (C=O) groups is 1. The van der Waals surface area contributed by atoms with Crippen molar-refractivity contribution in [2.24, 2.45) is 0 Å². The van der Waals surface area contributed by atoms with Crippen molar-refractivity contribution in [3.8, 4) is 16.9 Å². The summed E-state index contributed by atoms with van der Waals surface area (Å²) in [6.45, 7) is 0.386. The normalized spacial score (nSPS) is 11.7. The molecular formula is C21H20F3O3-. The van der Waals surface area contributed by atoms with Gasteiger partial charge in [0, 0.05) is 6.42 Å². The van der Waals surface area contributed by atoms with E-state index in [1.807, 2.05) is 36.4 Å². The lowest BCUT2D eigenvalue weighted by Gasteiger charge is -2.08. The second-order valence-electron chi connectivity index (χ2n) is 6.07. The molecule has 0 aliphatic heterocycles. The number of carbonyl (C=O) groups excluding carboxylic acids is 1. The summed E-state index contributed by atoms with van der Waals surface area (Å²) in [5.41, 5.74) is 2.70. The molecule has 0 amide bonds. The summed E-state index contributed by atoms with van der Waals surface area (Å²) in [6, 6.07) is 14.8. The van der Waals surface area contributed by atoms with Gasteiger partial charge in [-0.05, 0) is 54.2 Å². The van der Waals surface area contributed by atoms with Crippen molar-refractivity contribution in [1.82, 2.24) is 0 Å². The van der Waals surface area contributed by atoms with E-state index in [9.17, 15) is 23.1 Å². The molecule has 0 radical (unpaired) electrons. The third kappa shape index (κ3) is 7.98. The molecule has 2 aromatic carbocycles. The van der Waals surface area contributed by atoms with E-state index < -0.39 is 18.6 Å². The predicted octanol–water partition coefficient (Wildman–Crippen LogP) is 4.62. The van der Waals surface area contributed by atoms with Crippen molar-refractivity contribution in [3.63, 3.8) is 0 Å². The second-order valence-corrected chi connectivity index (χ2v) is 6.07. The van der Waals surface area contributed by atoms with Crippen LogP contribution in [0.2, 0.25) is 0 Å². The predicted molar refractivity (Wildman–Crippen MR) is 95.9 cm³/mol. The van der Waals surface area contributed by atoms with Gasteiger partial charge in [-0.1, -0.05) is 42.5 Å². The third-order valence-electron chi connectivity index (χ3n) is 3.88. The fourth-order valence-corrected chi connectivity index (χ4v) is 2.49. The highest BCUT2D eigenvalue weighted by Crippen LogP contribution is 2.24. The minimum absolute atomic E-state index is 0.125. The van der Waals surface area contributed by atoms with E-state index in [4.69, 9.17) is 4.74 Å². The van der Waals surface area contributed by atoms with E-state index in [1.165, 1.54) is 6.08 Å². The zero-order valence-corrected chi connectivity index (χ0v) is 14.7. The molecule has 0 aliphatic rings. The Hall–Kier alpha value is -2.76. The highest BCUT2D eigenvalue weighted by Gasteiger charge is 2.25. The second kappa shape index (κ2) is 9.80. The van der Waals surface area contributed by atoms with Crippen LogP contribution in [0.25, 0.3) is 17.2 Å². The SMILES string of the molecule is O=C([O-])/C=C/c1ccc(-c2ccc(OCCCCCC(F)(F)F)cc2)cc1. The first kappa shape index (κ1) is 20.6. The van der Waals surface area contributed by atoms with Gasteiger partial charge in [-0.2, -0.15) is 13.2 Å². The van der Waals surface area contributed by atoms with Crippen molar-refractivity contribution >= 4 is 12.0 Å². The molecule has 0 aromatic heterocycles. The minimum Gasteiger partial charge on any atom is -0.545 e. The molecule has 0 unspecified atom stereocenters. The number of halogens is 3. The molecule has 3 nitrogen and oxygen atoms in total. The molecule has 0 bridgehead atoms. The van der Waals surface area contributed by atoms with Crippen molar-refractivity contribution < 1.29 is 27.8 Å². The smallest absolute Gasteiger partial charge is 0.389 e. The Labute approximate surface area is 156 Å². The van der Waals surface area contributed by atoms with Crippen molar-refractivity contribution in [1.29, 1.82) is 0 Å². The van der Waals surface area contributed by atoms with Crippen LogP contribution in [0.4, 0.5) is 13.2 Å². The van der Waals surface area contributed by atoms with Gasteiger partial charge in [0.15, 0.2) is 0 Å². The summed E-state index contributed by atoms with van der Waals surface area (Å²) in [5, 5.41) is 10.4. The molecule has 0 aliphatic carbocycles. The zero-order valence-electron chi connectivity index (χ0n) is 14.7. The summed E-state index contributed by atoms with van der Waals surface area (Å²) in [7, 11) is 0. The molecule has 2 aromatic rings. The Morgan fingerprint density at radius 1 is 0.926 bits per heavy atom. The monoisotopic (exact) mass is 377 g/mol. The van der Waals surface area contributed by atoms with E-state index >= 15 is 0 Å². The fourth-order valence-electron chi connectivity index (χ4n) is 2.49. The third-order valence-corrected chi connectivity index (χ3v) is 3.88. The Balaban J connectivity index is 1.80. The van der Waals surface area contributed by atoms with Crippen LogP contribution in [0.1, 0.15) is 31.2 Å². The number of rotatable bonds is 9. The quantitative estimate of drug-likeness (QED) is 0.473. The number of hydrogen-bond acceptors (Lipinski definition) is 3. The van der Waals surface area contributed by atoms with Gasteiger partial charge in [0.05, 0.1) is 12.6 Å². The molecule has 0 atom stereocenters. The number of benzene rings is 2. The zero-order chi connectivity index (χ0) is 19.7. The largest absolute Gasteiger partial charge is 0.545 e. The highest BCUT2D eigenvalue weighted by atomic mass is 19.4. The molecule has 0 fully saturated rings. The van der Waals surface area contributed by atoms with E-state index in [0.29, 0.717) is 25.2 Å². The number of ether oxygens (including phenoxy) is 1. The van der Waals surface area contributed by atoms with Gasteiger partial charge in [0.25, 0.3) is 0 Å². The maximum atomic E-state index is 12.0. The van der Waals surface area contributed by atoms with Gasteiger partial charge >= 0.3 is 6.18 Å². The van der Waals surface area contributed by atoms with Crippen LogP contribution in [0.15, 0.2) is 54.6 Å².